The van der Waals surface area contributed by atoms with Gasteiger partial charge in [0.1, 0.15) is 5.82 Å². The normalized spacial score (nSPS) is 10.3. The van der Waals surface area contributed by atoms with E-state index in [-0.39, 0.29) is 29.9 Å². The van der Waals surface area contributed by atoms with Crippen molar-refractivity contribution < 1.29 is 4.79 Å². The van der Waals surface area contributed by atoms with Crippen molar-refractivity contribution in [2.24, 2.45) is 10.7 Å². The van der Waals surface area contributed by atoms with Crippen molar-refractivity contribution in [2.75, 3.05) is 11.9 Å². The summed E-state index contributed by atoms with van der Waals surface area (Å²) in [6.07, 6.45) is 3.35. The van der Waals surface area contributed by atoms with Crippen LogP contribution in [0, 0.1) is 0 Å². The molecule has 0 fully saturated rings. The zero-order chi connectivity index (χ0) is 13.4. The molecule has 0 atom stereocenters. The minimum Gasteiger partial charge on any atom is -0.370 e. The van der Waals surface area contributed by atoms with Gasteiger partial charge in [-0.2, -0.15) is 0 Å². The molecule has 19 heavy (non-hydrogen) atoms. The lowest BCUT2D eigenvalue weighted by molar-refractivity contribution is -0.114. The largest absolute Gasteiger partial charge is 0.370 e. The molecule has 0 aliphatic carbocycles. The molecule has 1 aromatic heterocycles. The second-order valence-corrected chi connectivity index (χ2v) is 3.60. The van der Waals surface area contributed by atoms with Crippen LogP contribution in [0.25, 0.3) is 0 Å². The fourth-order valence-electron chi connectivity index (χ4n) is 1.18. The molecule has 0 aromatic carbocycles. The van der Waals surface area contributed by atoms with Gasteiger partial charge in [-0.05, 0) is 11.6 Å². The highest BCUT2D eigenvalue weighted by Crippen LogP contribution is 2.05. The molecule has 1 amide bonds. The number of carbonyl (C=O) groups is 1. The molecule has 0 spiro atoms. The van der Waals surface area contributed by atoms with Crippen molar-refractivity contribution in [1.29, 1.82) is 0 Å². The highest BCUT2D eigenvalue weighted by atomic mass is 127. The number of pyridine rings is 1. The number of nitrogens with one attached hydrogen (secondary N) is 2. The van der Waals surface area contributed by atoms with Crippen LogP contribution in [0.1, 0.15) is 12.5 Å². The molecule has 7 heteroatoms. The average molecular weight is 375 g/mol. The third-order valence-corrected chi connectivity index (χ3v) is 1.99. The summed E-state index contributed by atoms with van der Waals surface area (Å²) in [4.78, 5) is 19.0. The standard InChI is InChI=1S/C12H17N5O.HI/c1-3-6-14-12(13)16-8-10-4-5-11(15-7-10)17-9(2)18;/h3-5,7H,1,6,8H2,2H3,(H3,13,14,16)(H,15,17,18);1H. The van der Waals surface area contributed by atoms with Crippen LogP contribution in [0.4, 0.5) is 5.82 Å². The van der Waals surface area contributed by atoms with Crippen LogP contribution in [-0.2, 0) is 11.3 Å². The van der Waals surface area contributed by atoms with Crippen LogP contribution < -0.4 is 16.4 Å². The maximum Gasteiger partial charge on any atom is 0.222 e. The molecule has 1 aromatic rings. The lowest BCUT2D eigenvalue weighted by Gasteiger charge is -2.03. The highest BCUT2D eigenvalue weighted by molar-refractivity contribution is 14.0. The summed E-state index contributed by atoms with van der Waals surface area (Å²) >= 11 is 0. The lowest BCUT2D eigenvalue weighted by Crippen LogP contribution is -2.31. The number of aliphatic imine (C=N–C) groups is 1. The Morgan fingerprint density at radius 3 is 2.84 bits per heavy atom. The van der Waals surface area contributed by atoms with E-state index in [0.29, 0.717) is 24.9 Å². The van der Waals surface area contributed by atoms with E-state index in [2.05, 4.69) is 27.2 Å². The van der Waals surface area contributed by atoms with Crippen LogP contribution in [0.2, 0.25) is 0 Å². The van der Waals surface area contributed by atoms with Gasteiger partial charge in [0.15, 0.2) is 5.96 Å². The lowest BCUT2D eigenvalue weighted by atomic mass is 10.3. The van der Waals surface area contributed by atoms with Crippen LogP contribution >= 0.6 is 24.0 Å². The Kier molecular flexibility index (Phi) is 8.51. The number of anilines is 1. The molecule has 0 radical (unpaired) electrons. The molecule has 4 N–H and O–H groups in total. The van der Waals surface area contributed by atoms with E-state index in [1.54, 1.807) is 18.3 Å². The van der Waals surface area contributed by atoms with Gasteiger partial charge in [-0.1, -0.05) is 12.1 Å². The maximum atomic E-state index is 10.8. The Balaban J connectivity index is 0.00000324. The first-order valence-electron chi connectivity index (χ1n) is 5.49. The number of amides is 1. The quantitative estimate of drug-likeness (QED) is 0.313. The van der Waals surface area contributed by atoms with Crippen molar-refractivity contribution in [3.63, 3.8) is 0 Å². The van der Waals surface area contributed by atoms with Gasteiger partial charge in [0, 0.05) is 19.7 Å². The Morgan fingerprint density at radius 2 is 2.32 bits per heavy atom. The van der Waals surface area contributed by atoms with E-state index in [1.807, 2.05) is 6.07 Å². The molecule has 1 heterocycles. The van der Waals surface area contributed by atoms with Gasteiger partial charge in [-0.3, -0.25) is 4.79 Å². The molecule has 1 rings (SSSR count). The van der Waals surface area contributed by atoms with Gasteiger partial charge in [0.2, 0.25) is 5.91 Å². The van der Waals surface area contributed by atoms with Crippen molar-refractivity contribution in [3.05, 3.63) is 36.5 Å². The third kappa shape index (κ3) is 7.39. The Labute approximate surface area is 129 Å². The topological polar surface area (TPSA) is 92.4 Å². The predicted molar refractivity (Wildman–Crippen MR) is 87.5 cm³/mol. The third-order valence-electron chi connectivity index (χ3n) is 1.99. The van der Waals surface area contributed by atoms with Gasteiger partial charge in [0.25, 0.3) is 0 Å². The van der Waals surface area contributed by atoms with Crippen LogP contribution in [0.5, 0.6) is 0 Å². The molecule has 0 saturated heterocycles. The summed E-state index contributed by atoms with van der Waals surface area (Å²) < 4.78 is 0. The van der Waals surface area contributed by atoms with E-state index in [1.165, 1.54) is 6.92 Å². The van der Waals surface area contributed by atoms with Gasteiger partial charge in [0.05, 0.1) is 6.54 Å². The Morgan fingerprint density at radius 1 is 1.58 bits per heavy atom. The van der Waals surface area contributed by atoms with Crippen molar-refractivity contribution in [2.45, 2.75) is 13.5 Å². The number of carbonyl (C=O) groups excluding carboxylic acids is 1. The molecule has 0 bridgehead atoms. The van der Waals surface area contributed by atoms with Gasteiger partial charge in [-0.15, -0.1) is 30.6 Å². The number of hydrogen-bond donors (Lipinski definition) is 3. The molecule has 0 aliphatic heterocycles. The Hall–Kier alpha value is -1.64. The summed E-state index contributed by atoms with van der Waals surface area (Å²) in [7, 11) is 0. The highest BCUT2D eigenvalue weighted by Gasteiger charge is 1.97. The molecular weight excluding hydrogens is 357 g/mol. The minimum atomic E-state index is -0.147. The number of hydrogen-bond acceptors (Lipinski definition) is 3. The van der Waals surface area contributed by atoms with E-state index in [0.717, 1.165) is 5.56 Å². The van der Waals surface area contributed by atoms with E-state index >= 15 is 0 Å². The number of nitrogens with zero attached hydrogens (tertiary/aromatic N) is 2. The SMILES string of the molecule is C=CCNC(N)=NCc1ccc(NC(C)=O)nc1.I. The molecular formula is C12H18IN5O. The molecule has 0 aliphatic rings. The second-order valence-electron chi connectivity index (χ2n) is 3.60. The minimum absolute atomic E-state index is 0. The van der Waals surface area contributed by atoms with Crippen molar-refractivity contribution in [3.8, 4) is 0 Å². The summed E-state index contributed by atoms with van der Waals surface area (Å²) in [6.45, 7) is 6.02. The molecule has 0 saturated carbocycles. The monoisotopic (exact) mass is 375 g/mol. The van der Waals surface area contributed by atoms with Crippen molar-refractivity contribution in [1.82, 2.24) is 10.3 Å². The summed E-state index contributed by atoms with van der Waals surface area (Å²) in [5, 5.41) is 5.46. The first kappa shape index (κ1) is 17.4. The summed E-state index contributed by atoms with van der Waals surface area (Å²) in [6, 6.07) is 3.56. The number of rotatable bonds is 5. The first-order chi connectivity index (χ1) is 8.61. The summed E-state index contributed by atoms with van der Waals surface area (Å²) in [5.74, 6) is 0.736. The van der Waals surface area contributed by atoms with E-state index in [4.69, 9.17) is 5.73 Å². The maximum absolute atomic E-state index is 10.8. The van der Waals surface area contributed by atoms with E-state index in [9.17, 15) is 4.79 Å². The average Bonchev–Trinajstić information content (AvgIpc) is 2.35. The number of nitrogens with two attached hydrogens (primary N) is 1. The zero-order valence-corrected chi connectivity index (χ0v) is 13.0. The smallest absolute Gasteiger partial charge is 0.222 e. The number of guanidine groups is 1. The first-order valence-corrected chi connectivity index (χ1v) is 5.49. The molecule has 0 unspecified atom stereocenters. The molecule has 104 valence electrons. The van der Waals surface area contributed by atoms with E-state index < -0.39 is 0 Å². The second kappa shape index (κ2) is 9.31. The number of halogens is 1. The predicted octanol–water partition coefficient (Wildman–Crippen LogP) is 1.25. The van der Waals surface area contributed by atoms with Crippen LogP contribution in [-0.4, -0.2) is 23.4 Å². The van der Waals surface area contributed by atoms with Crippen LogP contribution in [0.15, 0.2) is 36.0 Å². The van der Waals surface area contributed by atoms with Crippen molar-refractivity contribution >= 4 is 41.7 Å². The van der Waals surface area contributed by atoms with Gasteiger partial charge >= 0.3 is 0 Å². The van der Waals surface area contributed by atoms with Gasteiger partial charge < -0.3 is 16.4 Å². The fourth-order valence-corrected chi connectivity index (χ4v) is 1.18. The number of aromatic nitrogens is 1. The summed E-state index contributed by atoms with van der Waals surface area (Å²) in [5.41, 5.74) is 6.53. The van der Waals surface area contributed by atoms with Crippen LogP contribution in [0.3, 0.4) is 0 Å². The Bertz CT molecular complexity index is 444. The zero-order valence-electron chi connectivity index (χ0n) is 10.7. The fraction of sp³-hybridized carbons (Fsp3) is 0.250. The molecule has 6 nitrogen and oxygen atoms in total. The van der Waals surface area contributed by atoms with Gasteiger partial charge in [-0.25, -0.2) is 9.98 Å².